The maximum Gasteiger partial charge on any atom is 0.119 e. The van der Waals surface area contributed by atoms with E-state index in [1.807, 2.05) is 12.1 Å². The van der Waals surface area contributed by atoms with Gasteiger partial charge in [0.2, 0.25) is 0 Å². The summed E-state index contributed by atoms with van der Waals surface area (Å²) in [4.78, 5) is 0. The highest BCUT2D eigenvalue weighted by Gasteiger charge is 2.14. The molecule has 0 radical (unpaired) electrons. The number of hydrogen-bond acceptors (Lipinski definition) is 3. The van der Waals surface area contributed by atoms with Gasteiger partial charge < -0.3 is 10.1 Å². The quantitative estimate of drug-likeness (QED) is 0.808. The Morgan fingerprint density at radius 2 is 2.20 bits per heavy atom. The highest BCUT2D eigenvalue weighted by molar-refractivity contribution is 5.34. The average molecular weight is 202 g/mol. The fourth-order valence-corrected chi connectivity index (χ4v) is 1.70. The number of nitrogens with zero attached hydrogens (tertiary/aromatic N) is 1. The van der Waals surface area contributed by atoms with Crippen molar-refractivity contribution >= 4 is 0 Å². The molecular formula is C12H14N2O. The third kappa shape index (κ3) is 2.71. The lowest BCUT2D eigenvalue weighted by Gasteiger charge is -2.10. The Kier molecular flexibility index (Phi) is 3.21. The van der Waals surface area contributed by atoms with Gasteiger partial charge >= 0.3 is 0 Å². The largest absolute Gasteiger partial charge is 0.493 e. The molecule has 1 fully saturated rings. The van der Waals surface area contributed by atoms with E-state index in [1.165, 1.54) is 6.42 Å². The summed E-state index contributed by atoms with van der Waals surface area (Å²) in [5, 5.41) is 11.9. The van der Waals surface area contributed by atoms with Gasteiger partial charge in [-0.1, -0.05) is 0 Å². The summed E-state index contributed by atoms with van der Waals surface area (Å²) in [5.74, 6) is 1.47. The zero-order valence-corrected chi connectivity index (χ0v) is 8.57. The van der Waals surface area contributed by atoms with Crippen LogP contribution in [0.25, 0.3) is 0 Å². The lowest BCUT2D eigenvalue weighted by molar-refractivity contribution is 0.260. The standard InChI is InChI=1S/C12H14N2O/c13-7-10-1-3-12(4-2-10)15-9-11-5-6-14-8-11/h1-4,11,14H,5-6,8-9H2/t11-/m1/s1. The summed E-state index contributed by atoms with van der Waals surface area (Å²) in [6, 6.07) is 9.34. The van der Waals surface area contributed by atoms with Gasteiger partial charge in [0.15, 0.2) is 0 Å². The Labute approximate surface area is 89.7 Å². The first-order valence-corrected chi connectivity index (χ1v) is 5.22. The Morgan fingerprint density at radius 1 is 1.40 bits per heavy atom. The van der Waals surface area contributed by atoms with Crippen LogP contribution in [0.15, 0.2) is 24.3 Å². The van der Waals surface area contributed by atoms with Crippen molar-refractivity contribution < 1.29 is 4.74 Å². The lowest BCUT2D eigenvalue weighted by atomic mass is 10.1. The van der Waals surface area contributed by atoms with Crippen molar-refractivity contribution in [2.45, 2.75) is 6.42 Å². The molecule has 1 atom stereocenters. The molecule has 1 N–H and O–H groups in total. The monoisotopic (exact) mass is 202 g/mol. The van der Waals surface area contributed by atoms with Crippen molar-refractivity contribution in [1.82, 2.24) is 5.32 Å². The van der Waals surface area contributed by atoms with Crippen molar-refractivity contribution in [2.75, 3.05) is 19.7 Å². The van der Waals surface area contributed by atoms with Crippen LogP contribution in [0.3, 0.4) is 0 Å². The molecule has 0 aromatic heterocycles. The molecule has 0 saturated carbocycles. The second-order valence-corrected chi connectivity index (χ2v) is 3.81. The summed E-state index contributed by atoms with van der Waals surface area (Å²) in [7, 11) is 0. The maximum absolute atomic E-state index is 8.63. The zero-order chi connectivity index (χ0) is 10.5. The maximum atomic E-state index is 8.63. The molecule has 78 valence electrons. The zero-order valence-electron chi connectivity index (χ0n) is 8.57. The van der Waals surface area contributed by atoms with Crippen LogP contribution in [0, 0.1) is 17.2 Å². The second kappa shape index (κ2) is 4.81. The Balaban J connectivity index is 1.85. The molecule has 0 amide bonds. The molecule has 0 unspecified atom stereocenters. The van der Waals surface area contributed by atoms with Crippen molar-refractivity contribution in [1.29, 1.82) is 5.26 Å². The summed E-state index contributed by atoms with van der Waals surface area (Å²) < 4.78 is 5.64. The van der Waals surface area contributed by atoms with Crippen molar-refractivity contribution in [3.05, 3.63) is 29.8 Å². The minimum Gasteiger partial charge on any atom is -0.493 e. The van der Waals surface area contributed by atoms with E-state index < -0.39 is 0 Å². The predicted molar refractivity (Wildman–Crippen MR) is 57.6 cm³/mol. The second-order valence-electron chi connectivity index (χ2n) is 3.81. The molecule has 0 aliphatic carbocycles. The molecule has 3 nitrogen and oxygen atoms in total. The van der Waals surface area contributed by atoms with Crippen LogP contribution in [0.1, 0.15) is 12.0 Å². The predicted octanol–water partition coefficient (Wildman–Crippen LogP) is 1.55. The summed E-state index contributed by atoms with van der Waals surface area (Å²) >= 11 is 0. The minimum absolute atomic E-state index is 0.626. The number of benzene rings is 1. The van der Waals surface area contributed by atoms with Crippen LogP contribution in [0.5, 0.6) is 5.75 Å². The third-order valence-electron chi connectivity index (χ3n) is 2.63. The summed E-state index contributed by atoms with van der Waals surface area (Å²) in [6.45, 7) is 2.91. The number of ether oxygens (including phenoxy) is 1. The number of hydrogen-bond donors (Lipinski definition) is 1. The Hall–Kier alpha value is -1.53. The molecule has 1 aromatic carbocycles. The SMILES string of the molecule is N#Cc1ccc(OC[C@@H]2CCNC2)cc1. The van der Waals surface area contributed by atoms with Crippen molar-refractivity contribution in [3.63, 3.8) is 0 Å². The molecule has 3 heteroatoms. The molecule has 1 aromatic rings. The van der Waals surface area contributed by atoms with Gasteiger partial charge in [0.25, 0.3) is 0 Å². The topological polar surface area (TPSA) is 45.0 Å². The van der Waals surface area contributed by atoms with Crippen molar-refractivity contribution in [3.8, 4) is 11.8 Å². The van der Waals surface area contributed by atoms with E-state index in [2.05, 4.69) is 11.4 Å². The molecular weight excluding hydrogens is 188 g/mol. The molecule has 0 spiro atoms. The van der Waals surface area contributed by atoms with Crippen LogP contribution in [-0.4, -0.2) is 19.7 Å². The first-order valence-electron chi connectivity index (χ1n) is 5.22. The molecule has 0 bridgehead atoms. The van der Waals surface area contributed by atoms with Gasteiger partial charge in [-0.05, 0) is 37.2 Å². The van der Waals surface area contributed by atoms with E-state index in [9.17, 15) is 0 Å². The van der Waals surface area contributed by atoms with Gasteiger partial charge in [-0.25, -0.2) is 0 Å². The van der Waals surface area contributed by atoms with Gasteiger partial charge in [0.05, 0.1) is 18.2 Å². The van der Waals surface area contributed by atoms with E-state index in [0.29, 0.717) is 11.5 Å². The number of nitriles is 1. The highest BCUT2D eigenvalue weighted by Crippen LogP contribution is 2.14. The van der Waals surface area contributed by atoms with Crippen molar-refractivity contribution in [2.24, 2.45) is 5.92 Å². The molecule has 1 saturated heterocycles. The fourth-order valence-electron chi connectivity index (χ4n) is 1.70. The van der Waals surface area contributed by atoms with Gasteiger partial charge in [0, 0.05) is 12.5 Å². The van der Waals surface area contributed by atoms with E-state index >= 15 is 0 Å². The number of rotatable bonds is 3. The van der Waals surface area contributed by atoms with Crippen LogP contribution < -0.4 is 10.1 Å². The van der Waals surface area contributed by atoms with Gasteiger partial charge in [-0.2, -0.15) is 5.26 Å². The van der Waals surface area contributed by atoms with Crippen LogP contribution in [-0.2, 0) is 0 Å². The summed E-state index contributed by atoms with van der Waals surface area (Å²) in [5.41, 5.74) is 0.671. The average Bonchev–Trinajstić information content (AvgIpc) is 2.80. The molecule has 1 aliphatic heterocycles. The third-order valence-corrected chi connectivity index (χ3v) is 2.63. The van der Waals surface area contributed by atoms with Gasteiger partial charge in [-0.15, -0.1) is 0 Å². The van der Waals surface area contributed by atoms with E-state index in [-0.39, 0.29) is 0 Å². The van der Waals surface area contributed by atoms with Crippen LogP contribution in [0.4, 0.5) is 0 Å². The molecule has 1 heterocycles. The van der Waals surface area contributed by atoms with Crippen LogP contribution >= 0.6 is 0 Å². The summed E-state index contributed by atoms with van der Waals surface area (Å²) in [6.07, 6.45) is 1.19. The first-order chi connectivity index (χ1) is 7.38. The normalized spacial score (nSPS) is 19.8. The lowest BCUT2D eigenvalue weighted by Crippen LogP contribution is -2.15. The van der Waals surface area contributed by atoms with Gasteiger partial charge in [-0.3, -0.25) is 0 Å². The molecule has 2 rings (SSSR count). The first kappa shape index (κ1) is 10.0. The van der Waals surface area contributed by atoms with E-state index in [0.717, 1.165) is 25.4 Å². The Bertz CT molecular complexity index is 347. The Morgan fingerprint density at radius 3 is 2.80 bits per heavy atom. The van der Waals surface area contributed by atoms with Gasteiger partial charge in [0.1, 0.15) is 5.75 Å². The van der Waals surface area contributed by atoms with Crippen LogP contribution in [0.2, 0.25) is 0 Å². The van der Waals surface area contributed by atoms with E-state index in [1.54, 1.807) is 12.1 Å². The smallest absolute Gasteiger partial charge is 0.119 e. The fraction of sp³-hybridized carbons (Fsp3) is 0.417. The number of nitrogens with one attached hydrogen (secondary N) is 1. The molecule has 15 heavy (non-hydrogen) atoms. The van der Waals surface area contributed by atoms with E-state index in [4.69, 9.17) is 10.00 Å². The molecule has 1 aliphatic rings. The minimum atomic E-state index is 0.626. The highest BCUT2D eigenvalue weighted by atomic mass is 16.5.